The summed E-state index contributed by atoms with van der Waals surface area (Å²) in [6, 6.07) is 4.76. The fourth-order valence-electron chi connectivity index (χ4n) is 1.71. The summed E-state index contributed by atoms with van der Waals surface area (Å²) < 4.78 is 38.3. The van der Waals surface area contributed by atoms with Gasteiger partial charge in [-0.3, -0.25) is 4.99 Å². The molecule has 2 N–H and O–H groups in total. The number of rotatable bonds is 7. The first-order valence-electron chi connectivity index (χ1n) is 6.50. The van der Waals surface area contributed by atoms with Crippen LogP contribution in [0.3, 0.4) is 0 Å². The Balaban J connectivity index is 2.75. The molecule has 1 aromatic rings. The maximum absolute atomic E-state index is 12.8. The summed E-state index contributed by atoms with van der Waals surface area (Å²) in [6.45, 7) is 0.467. The van der Waals surface area contributed by atoms with Crippen LogP contribution in [0.5, 0.6) is 0 Å². The number of nitrogens with two attached hydrogens (primary N) is 1. The molecule has 21 heavy (non-hydrogen) atoms. The first-order valence-corrected chi connectivity index (χ1v) is 6.50. The van der Waals surface area contributed by atoms with Crippen LogP contribution in [0.1, 0.15) is 24.0 Å². The molecule has 0 spiro atoms. The quantitative estimate of drug-likeness (QED) is 0.621. The molecular weight excluding hydrogens is 281 g/mol. The average Bonchev–Trinajstić information content (AvgIpc) is 2.46. The molecule has 0 aromatic heterocycles. The van der Waals surface area contributed by atoms with Gasteiger partial charge < -0.3 is 10.5 Å². The second-order valence-electron chi connectivity index (χ2n) is 4.38. The lowest BCUT2D eigenvalue weighted by Gasteiger charge is -2.09. The number of aldehydes is 1. The van der Waals surface area contributed by atoms with Gasteiger partial charge >= 0.3 is 6.18 Å². The predicted octanol–water partition coefficient (Wildman–Crippen LogP) is 3.10. The zero-order valence-corrected chi connectivity index (χ0v) is 11.4. The molecule has 1 rings (SSSR count). The first kappa shape index (κ1) is 17.1. The Hall–Kier alpha value is -1.95. The van der Waals surface area contributed by atoms with Gasteiger partial charge in [0, 0.05) is 6.21 Å². The zero-order valence-electron chi connectivity index (χ0n) is 11.4. The molecule has 0 saturated carbocycles. The second kappa shape index (κ2) is 8.36. The lowest BCUT2D eigenvalue weighted by molar-refractivity contribution is -0.137. The van der Waals surface area contributed by atoms with Crippen molar-refractivity contribution < 1.29 is 18.0 Å². The van der Waals surface area contributed by atoms with Crippen LogP contribution in [0.2, 0.25) is 0 Å². The van der Waals surface area contributed by atoms with Crippen molar-refractivity contribution in [2.75, 3.05) is 6.54 Å². The fraction of sp³-hybridized carbons (Fsp3) is 0.333. The van der Waals surface area contributed by atoms with E-state index < -0.39 is 17.8 Å². The van der Waals surface area contributed by atoms with Crippen molar-refractivity contribution in [3.05, 3.63) is 41.5 Å². The van der Waals surface area contributed by atoms with Crippen molar-refractivity contribution in [2.45, 2.75) is 25.1 Å². The van der Waals surface area contributed by atoms with Crippen LogP contribution < -0.4 is 5.73 Å². The Labute approximate surface area is 121 Å². The maximum Gasteiger partial charge on any atom is 0.416 e. The lowest BCUT2D eigenvalue weighted by Crippen LogP contribution is -2.09. The Kier molecular flexibility index (Phi) is 6.81. The number of benzene rings is 1. The predicted molar refractivity (Wildman–Crippen MR) is 77.1 cm³/mol. The molecule has 3 nitrogen and oxygen atoms in total. The summed E-state index contributed by atoms with van der Waals surface area (Å²) in [5, 5.41) is 0. The lowest BCUT2D eigenvalue weighted by atomic mass is 10.1. The van der Waals surface area contributed by atoms with Crippen molar-refractivity contribution >= 4 is 18.6 Å². The maximum atomic E-state index is 12.8. The van der Waals surface area contributed by atoms with Gasteiger partial charge in [0.2, 0.25) is 0 Å². The van der Waals surface area contributed by atoms with E-state index in [4.69, 9.17) is 5.73 Å². The Morgan fingerprint density at radius 2 is 2.00 bits per heavy atom. The summed E-state index contributed by atoms with van der Waals surface area (Å²) in [5.74, 6) is 0. The summed E-state index contributed by atoms with van der Waals surface area (Å²) in [7, 11) is 0. The number of alkyl halides is 3. The monoisotopic (exact) mass is 298 g/mol. The topological polar surface area (TPSA) is 55.5 Å². The summed E-state index contributed by atoms with van der Waals surface area (Å²) in [6.07, 6.45) is 1.54. The van der Waals surface area contributed by atoms with Gasteiger partial charge in [-0.1, -0.05) is 24.3 Å². The van der Waals surface area contributed by atoms with E-state index in [0.29, 0.717) is 25.7 Å². The van der Waals surface area contributed by atoms with E-state index in [9.17, 15) is 18.0 Å². The third-order valence-electron chi connectivity index (χ3n) is 2.77. The van der Waals surface area contributed by atoms with Crippen molar-refractivity contribution in [2.24, 2.45) is 10.7 Å². The number of halogens is 3. The molecular formula is C15H17F3N2O. The Morgan fingerprint density at radius 1 is 1.29 bits per heavy atom. The highest BCUT2D eigenvalue weighted by Gasteiger charge is 2.32. The number of aliphatic imine (C=N–C) groups is 1. The highest BCUT2D eigenvalue weighted by Crippen LogP contribution is 2.32. The minimum Gasteiger partial charge on any atom is -0.330 e. The summed E-state index contributed by atoms with van der Waals surface area (Å²) in [4.78, 5) is 14.7. The zero-order chi connectivity index (χ0) is 15.7. The summed E-state index contributed by atoms with van der Waals surface area (Å²) >= 11 is 0. The van der Waals surface area contributed by atoms with E-state index in [2.05, 4.69) is 4.99 Å². The van der Waals surface area contributed by atoms with Crippen molar-refractivity contribution in [1.82, 2.24) is 0 Å². The van der Waals surface area contributed by atoms with Crippen LogP contribution in [0.15, 0.2) is 35.3 Å². The van der Waals surface area contributed by atoms with Crippen LogP contribution in [0, 0.1) is 0 Å². The number of allylic oxidation sites excluding steroid dienone is 1. The van der Waals surface area contributed by atoms with Gasteiger partial charge in [0.25, 0.3) is 0 Å². The number of nitrogens with zero attached hydrogens (tertiary/aromatic N) is 1. The SMILES string of the molecule is NCCCC(C=O)N=C/C=C/c1ccccc1C(F)(F)F. The molecule has 0 aliphatic carbocycles. The molecule has 0 fully saturated rings. The second-order valence-corrected chi connectivity index (χ2v) is 4.38. The van der Waals surface area contributed by atoms with Gasteiger partial charge in [0.15, 0.2) is 0 Å². The molecule has 0 bridgehead atoms. The molecule has 0 radical (unpaired) electrons. The molecule has 0 aliphatic rings. The van der Waals surface area contributed by atoms with Gasteiger partial charge in [-0.2, -0.15) is 13.2 Å². The van der Waals surface area contributed by atoms with Gasteiger partial charge in [-0.15, -0.1) is 0 Å². The van der Waals surface area contributed by atoms with E-state index in [0.717, 1.165) is 6.07 Å². The first-order chi connectivity index (χ1) is 9.99. The van der Waals surface area contributed by atoms with Crippen LogP contribution in [0.4, 0.5) is 13.2 Å². The van der Waals surface area contributed by atoms with Crippen LogP contribution in [-0.4, -0.2) is 25.1 Å². The molecule has 0 amide bonds. The minimum atomic E-state index is -4.40. The van der Waals surface area contributed by atoms with Gasteiger partial charge in [0.05, 0.1) is 5.56 Å². The Morgan fingerprint density at radius 3 is 2.62 bits per heavy atom. The third-order valence-corrected chi connectivity index (χ3v) is 2.77. The molecule has 1 unspecified atom stereocenters. The van der Waals surface area contributed by atoms with E-state index in [1.54, 1.807) is 0 Å². The van der Waals surface area contributed by atoms with Crippen LogP contribution in [-0.2, 0) is 11.0 Å². The highest BCUT2D eigenvalue weighted by atomic mass is 19.4. The minimum absolute atomic E-state index is 0.0565. The number of carbonyl (C=O) groups is 1. The number of carbonyl (C=O) groups excluding carboxylic acids is 1. The molecule has 0 aliphatic heterocycles. The van der Waals surface area contributed by atoms with Crippen molar-refractivity contribution in [3.8, 4) is 0 Å². The molecule has 114 valence electrons. The van der Waals surface area contributed by atoms with Gasteiger partial charge in [0.1, 0.15) is 12.3 Å². The largest absolute Gasteiger partial charge is 0.416 e. The van der Waals surface area contributed by atoms with E-state index >= 15 is 0 Å². The average molecular weight is 298 g/mol. The molecule has 1 aromatic carbocycles. The van der Waals surface area contributed by atoms with Gasteiger partial charge in [-0.05, 0) is 37.1 Å². The summed E-state index contributed by atoms with van der Waals surface area (Å²) in [5.41, 5.74) is 4.68. The fourth-order valence-corrected chi connectivity index (χ4v) is 1.71. The number of hydrogen-bond donors (Lipinski definition) is 1. The van der Waals surface area contributed by atoms with Crippen LogP contribution >= 0.6 is 0 Å². The normalized spacial score (nSPS) is 13.9. The molecule has 0 heterocycles. The smallest absolute Gasteiger partial charge is 0.330 e. The van der Waals surface area contributed by atoms with E-state index in [1.165, 1.54) is 36.6 Å². The third kappa shape index (κ3) is 5.91. The van der Waals surface area contributed by atoms with Crippen LogP contribution in [0.25, 0.3) is 6.08 Å². The van der Waals surface area contributed by atoms with E-state index in [1.807, 2.05) is 0 Å². The molecule has 1 atom stereocenters. The van der Waals surface area contributed by atoms with Gasteiger partial charge in [-0.25, -0.2) is 0 Å². The van der Waals surface area contributed by atoms with Crippen molar-refractivity contribution in [3.63, 3.8) is 0 Å². The van der Waals surface area contributed by atoms with Crippen molar-refractivity contribution in [1.29, 1.82) is 0 Å². The Bertz CT molecular complexity index is 510. The highest BCUT2D eigenvalue weighted by molar-refractivity contribution is 5.80. The standard InChI is InChI=1S/C15H17F3N2O/c16-15(17,18)14-8-2-1-5-12(14)6-4-10-20-13(11-21)7-3-9-19/h1-2,4-6,8,10-11,13H,3,7,9,19H2/b6-4+,20-10?. The molecule has 0 saturated heterocycles. The number of hydrogen-bond acceptors (Lipinski definition) is 3. The van der Waals surface area contributed by atoms with E-state index in [-0.39, 0.29) is 5.56 Å². The molecule has 6 heteroatoms.